The van der Waals surface area contributed by atoms with Crippen LogP contribution in [0.3, 0.4) is 0 Å². The van der Waals surface area contributed by atoms with Gasteiger partial charge in [0.1, 0.15) is 0 Å². The highest BCUT2D eigenvalue weighted by atomic mass is 15.2. The molecule has 0 spiro atoms. The van der Waals surface area contributed by atoms with E-state index in [1.807, 2.05) is 0 Å². The van der Waals surface area contributed by atoms with Gasteiger partial charge >= 0.3 is 0 Å². The summed E-state index contributed by atoms with van der Waals surface area (Å²) in [6.07, 6.45) is 1.26. The van der Waals surface area contributed by atoms with Gasteiger partial charge in [0.25, 0.3) is 0 Å². The van der Waals surface area contributed by atoms with Gasteiger partial charge in [0.2, 0.25) is 0 Å². The molecule has 0 aliphatic carbocycles. The maximum absolute atomic E-state index is 3.75. The first-order valence-electron chi connectivity index (χ1n) is 8.36. The molecule has 2 rings (SSSR count). The zero-order valence-electron chi connectivity index (χ0n) is 14.1. The molecule has 3 nitrogen and oxygen atoms in total. The van der Waals surface area contributed by atoms with Crippen molar-refractivity contribution in [2.45, 2.75) is 52.4 Å². The molecule has 1 aromatic rings. The van der Waals surface area contributed by atoms with Crippen molar-refractivity contribution in [3.05, 3.63) is 35.4 Å². The summed E-state index contributed by atoms with van der Waals surface area (Å²) in [4.78, 5) is 4.92. The number of rotatable bonds is 7. The average molecular weight is 289 g/mol. The molecule has 0 bridgehead atoms. The van der Waals surface area contributed by atoms with Gasteiger partial charge in [-0.3, -0.25) is 4.90 Å². The number of hydrogen-bond acceptors (Lipinski definition) is 3. The van der Waals surface area contributed by atoms with Gasteiger partial charge < -0.3 is 10.2 Å². The van der Waals surface area contributed by atoms with Crippen LogP contribution in [-0.4, -0.2) is 48.6 Å². The highest BCUT2D eigenvalue weighted by molar-refractivity contribution is 5.27. The van der Waals surface area contributed by atoms with Crippen molar-refractivity contribution in [1.29, 1.82) is 0 Å². The van der Waals surface area contributed by atoms with Crippen LogP contribution in [0.1, 0.15) is 38.3 Å². The van der Waals surface area contributed by atoms with Crippen LogP contribution in [0.15, 0.2) is 24.3 Å². The molecule has 1 N–H and O–H groups in total. The molecule has 1 fully saturated rings. The normalized spacial score (nSPS) is 23.1. The van der Waals surface area contributed by atoms with Crippen molar-refractivity contribution in [1.82, 2.24) is 15.1 Å². The summed E-state index contributed by atoms with van der Waals surface area (Å²) in [6, 6.07) is 10.2. The van der Waals surface area contributed by atoms with Crippen molar-refractivity contribution in [3.8, 4) is 0 Å². The predicted molar refractivity (Wildman–Crippen MR) is 90.4 cm³/mol. The Morgan fingerprint density at radius 2 is 1.86 bits per heavy atom. The molecule has 2 atom stereocenters. The van der Waals surface area contributed by atoms with Crippen LogP contribution < -0.4 is 5.32 Å². The van der Waals surface area contributed by atoms with Crippen LogP contribution in [0.4, 0.5) is 0 Å². The number of hydrogen-bond donors (Lipinski definition) is 1. The highest BCUT2D eigenvalue weighted by Crippen LogP contribution is 2.17. The van der Waals surface area contributed by atoms with Gasteiger partial charge in [-0.05, 0) is 44.6 Å². The van der Waals surface area contributed by atoms with E-state index in [9.17, 15) is 0 Å². The average Bonchev–Trinajstić information content (AvgIpc) is 2.82. The minimum atomic E-state index is 0.631. The molecule has 0 saturated carbocycles. The van der Waals surface area contributed by atoms with Crippen molar-refractivity contribution in [2.75, 3.05) is 26.7 Å². The van der Waals surface area contributed by atoms with Gasteiger partial charge in [-0.15, -0.1) is 0 Å². The Morgan fingerprint density at radius 1 is 1.19 bits per heavy atom. The lowest BCUT2D eigenvalue weighted by molar-refractivity contribution is 0.294. The van der Waals surface area contributed by atoms with E-state index >= 15 is 0 Å². The summed E-state index contributed by atoms with van der Waals surface area (Å²) in [6.45, 7) is 12.2. The number of nitrogens with one attached hydrogen (secondary N) is 1. The zero-order chi connectivity index (χ0) is 15.2. The van der Waals surface area contributed by atoms with Gasteiger partial charge in [-0.25, -0.2) is 0 Å². The highest BCUT2D eigenvalue weighted by Gasteiger charge is 2.25. The van der Waals surface area contributed by atoms with Gasteiger partial charge in [0.05, 0.1) is 0 Å². The largest absolute Gasteiger partial charge is 0.309 e. The summed E-state index contributed by atoms with van der Waals surface area (Å²) < 4.78 is 0. The SMILES string of the molecule is CCN(CC)Cc1ccccc1CNC1CC(C)N(C)C1. The quantitative estimate of drug-likeness (QED) is 0.832. The van der Waals surface area contributed by atoms with Crippen molar-refractivity contribution in [3.63, 3.8) is 0 Å². The number of likely N-dealkylation sites (N-methyl/N-ethyl adjacent to an activating group) is 1. The first-order valence-corrected chi connectivity index (χ1v) is 8.36. The second-order valence-electron chi connectivity index (χ2n) is 6.33. The Balaban J connectivity index is 1.94. The molecule has 1 heterocycles. The van der Waals surface area contributed by atoms with Gasteiger partial charge in [-0.2, -0.15) is 0 Å². The van der Waals surface area contributed by atoms with E-state index in [1.54, 1.807) is 0 Å². The predicted octanol–water partition coefficient (Wildman–Crippen LogP) is 2.71. The van der Waals surface area contributed by atoms with E-state index in [0.29, 0.717) is 12.1 Å². The van der Waals surface area contributed by atoms with Gasteiger partial charge in [-0.1, -0.05) is 38.1 Å². The fourth-order valence-electron chi connectivity index (χ4n) is 3.17. The Hall–Kier alpha value is -0.900. The maximum Gasteiger partial charge on any atom is 0.0236 e. The molecular weight excluding hydrogens is 258 g/mol. The van der Waals surface area contributed by atoms with Crippen LogP contribution in [0.25, 0.3) is 0 Å². The second-order valence-corrected chi connectivity index (χ2v) is 6.33. The summed E-state index contributed by atoms with van der Waals surface area (Å²) in [5.41, 5.74) is 2.92. The van der Waals surface area contributed by atoms with Gasteiger partial charge in [0, 0.05) is 31.7 Å². The monoisotopic (exact) mass is 289 g/mol. The van der Waals surface area contributed by atoms with E-state index in [-0.39, 0.29) is 0 Å². The molecule has 1 aliphatic heterocycles. The molecule has 1 aliphatic rings. The molecule has 0 amide bonds. The molecule has 1 aromatic carbocycles. The Kier molecular flexibility index (Phi) is 6.22. The van der Waals surface area contributed by atoms with Crippen LogP contribution in [0, 0.1) is 0 Å². The van der Waals surface area contributed by atoms with E-state index in [4.69, 9.17) is 0 Å². The second kappa shape index (κ2) is 7.92. The molecule has 118 valence electrons. The smallest absolute Gasteiger partial charge is 0.0236 e. The Labute approximate surface area is 130 Å². The minimum Gasteiger partial charge on any atom is -0.309 e. The zero-order valence-corrected chi connectivity index (χ0v) is 14.1. The summed E-state index contributed by atoms with van der Waals surface area (Å²) in [5, 5.41) is 3.75. The van der Waals surface area contributed by atoms with Crippen molar-refractivity contribution in [2.24, 2.45) is 0 Å². The lowest BCUT2D eigenvalue weighted by Gasteiger charge is -2.21. The first-order chi connectivity index (χ1) is 10.1. The van der Waals surface area contributed by atoms with Crippen molar-refractivity contribution >= 4 is 0 Å². The first kappa shape index (κ1) is 16.5. The third-order valence-electron chi connectivity index (χ3n) is 4.87. The van der Waals surface area contributed by atoms with Crippen LogP contribution in [-0.2, 0) is 13.1 Å². The lowest BCUT2D eigenvalue weighted by atomic mass is 10.1. The van der Waals surface area contributed by atoms with Gasteiger partial charge in [0.15, 0.2) is 0 Å². The standard InChI is InChI=1S/C18H31N3/c1-5-21(6-2)13-17-10-8-7-9-16(17)12-19-18-11-15(3)20(4)14-18/h7-10,15,18-19H,5-6,11-14H2,1-4H3. The Bertz CT molecular complexity index is 418. The number of benzene rings is 1. The van der Waals surface area contributed by atoms with Crippen molar-refractivity contribution < 1.29 is 0 Å². The van der Waals surface area contributed by atoms with Crippen LogP contribution >= 0.6 is 0 Å². The lowest BCUT2D eigenvalue weighted by Crippen LogP contribution is -2.31. The summed E-state index contributed by atoms with van der Waals surface area (Å²) in [5.74, 6) is 0. The molecule has 2 unspecified atom stereocenters. The number of likely N-dealkylation sites (tertiary alicyclic amines) is 1. The fourth-order valence-corrected chi connectivity index (χ4v) is 3.17. The summed E-state index contributed by atoms with van der Waals surface area (Å²) in [7, 11) is 2.22. The van der Waals surface area contributed by atoms with E-state index < -0.39 is 0 Å². The van der Waals surface area contributed by atoms with Crippen LogP contribution in [0.2, 0.25) is 0 Å². The number of nitrogens with zero attached hydrogens (tertiary/aromatic N) is 2. The molecule has 0 radical (unpaired) electrons. The third kappa shape index (κ3) is 4.53. The molecule has 3 heteroatoms. The third-order valence-corrected chi connectivity index (χ3v) is 4.87. The van der Waals surface area contributed by atoms with E-state index in [0.717, 1.165) is 26.2 Å². The van der Waals surface area contributed by atoms with Crippen LogP contribution in [0.5, 0.6) is 0 Å². The minimum absolute atomic E-state index is 0.631. The molecule has 21 heavy (non-hydrogen) atoms. The van der Waals surface area contributed by atoms with E-state index in [2.05, 4.69) is 67.2 Å². The Morgan fingerprint density at radius 3 is 2.43 bits per heavy atom. The molecule has 1 saturated heterocycles. The maximum atomic E-state index is 3.75. The van der Waals surface area contributed by atoms with E-state index in [1.165, 1.54) is 24.1 Å². The molecule has 0 aromatic heterocycles. The summed E-state index contributed by atoms with van der Waals surface area (Å²) >= 11 is 0. The molecular formula is C18H31N3. The topological polar surface area (TPSA) is 18.5 Å². The fraction of sp³-hybridized carbons (Fsp3) is 0.667.